The zero-order valence-corrected chi connectivity index (χ0v) is 21.8. The van der Waals surface area contributed by atoms with Crippen molar-refractivity contribution >= 4 is 17.4 Å². The Balaban J connectivity index is 1.92. The minimum absolute atomic E-state index is 0.106. The normalized spacial score (nSPS) is 17.5. The van der Waals surface area contributed by atoms with Crippen molar-refractivity contribution in [1.29, 1.82) is 0 Å². The molecule has 3 aromatic rings. The molecular formula is C31H33NO4. The number of rotatable bonds is 5. The summed E-state index contributed by atoms with van der Waals surface area (Å²) in [6.07, 6.45) is 0. The number of aryl methyl sites for hydroxylation is 2. The van der Waals surface area contributed by atoms with Crippen molar-refractivity contribution in [3.05, 3.63) is 106 Å². The number of ether oxygens (including phenoxy) is 1. The van der Waals surface area contributed by atoms with E-state index in [1.54, 1.807) is 7.11 Å². The quantitative estimate of drug-likeness (QED) is 0.265. The molecule has 1 fully saturated rings. The van der Waals surface area contributed by atoms with Gasteiger partial charge in [-0.05, 0) is 48.1 Å². The average molecular weight is 484 g/mol. The van der Waals surface area contributed by atoms with Gasteiger partial charge in [0.25, 0.3) is 11.7 Å². The number of ketones is 1. The molecule has 0 saturated carbocycles. The van der Waals surface area contributed by atoms with Gasteiger partial charge in [-0.3, -0.25) is 9.59 Å². The van der Waals surface area contributed by atoms with Gasteiger partial charge in [-0.15, -0.1) is 0 Å². The maximum Gasteiger partial charge on any atom is 0.295 e. The Morgan fingerprint density at radius 3 is 2.36 bits per heavy atom. The lowest BCUT2D eigenvalue weighted by Crippen LogP contribution is -2.29. The lowest BCUT2D eigenvalue weighted by atomic mass is 9.84. The predicted molar refractivity (Wildman–Crippen MR) is 142 cm³/mol. The van der Waals surface area contributed by atoms with E-state index in [0.717, 1.165) is 27.8 Å². The van der Waals surface area contributed by atoms with Crippen LogP contribution in [-0.2, 0) is 21.5 Å². The highest BCUT2D eigenvalue weighted by Crippen LogP contribution is 2.42. The molecule has 1 amide bonds. The molecule has 0 aliphatic carbocycles. The van der Waals surface area contributed by atoms with E-state index in [1.165, 1.54) is 4.90 Å². The Bertz CT molecular complexity index is 1360. The van der Waals surface area contributed by atoms with Gasteiger partial charge in [0.2, 0.25) is 0 Å². The fourth-order valence-electron chi connectivity index (χ4n) is 4.74. The van der Waals surface area contributed by atoms with Gasteiger partial charge < -0.3 is 14.7 Å². The van der Waals surface area contributed by atoms with Crippen LogP contribution in [0.25, 0.3) is 5.76 Å². The second kappa shape index (κ2) is 9.65. The summed E-state index contributed by atoms with van der Waals surface area (Å²) < 4.78 is 5.50. The summed E-state index contributed by atoms with van der Waals surface area (Å²) >= 11 is 0. The Morgan fingerprint density at radius 1 is 0.972 bits per heavy atom. The molecule has 186 valence electrons. The third-order valence-electron chi connectivity index (χ3n) is 6.79. The molecule has 5 nitrogen and oxygen atoms in total. The number of para-hydroxylation sites is 1. The zero-order chi connectivity index (χ0) is 26.2. The van der Waals surface area contributed by atoms with Crippen LogP contribution in [0, 0.1) is 13.8 Å². The molecule has 0 bridgehead atoms. The molecule has 5 heteroatoms. The van der Waals surface area contributed by atoms with Crippen LogP contribution in [0.5, 0.6) is 5.75 Å². The third kappa shape index (κ3) is 4.66. The van der Waals surface area contributed by atoms with E-state index >= 15 is 0 Å². The summed E-state index contributed by atoms with van der Waals surface area (Å²) in [5.41, 5.74) is 4.95. The second-order valence-corrected chi connectivity index (χ2v) is 10.4. The second-order valence-electron chi connectivity index (χ2n) is 10.4. The number of amides is 1. The van der Waals surface area contributed by atoms with E-state index in [2.05, 4.69) is 20.8 Å². The van der Waals surface area contributed by atoms with E-state index in [0.29, 0.717) is 11.3 Å². The van der Waals surface area contributed by atoms with Crippen LogP contribution in [0.2, 0.25) is 0 Å². The number of hydrogen-bond acceptors (Lipinski definition) is 4. The highest BCUT2D eigenvalue weighted by Gasteiger charge is 2.46. The summed E-state index contributed by atoms with van der Waals surface area (Å²) in [7, 11) is 1.58. The summed E-state index contributed by atoms with van der Waals surface area (Å²) in [6, 6.07) is 20.3. The van der Waals surface area contributed by atoms with Gasteiger partial charge in [-0.2, -0.15) is 0 Å². The van der Waals surface area contributed by atoms with Crippen molar-refractivity contribution in [2.45, 2.75) is 52.6 Å². The number of Topliss-reactive ketones (excluding diaryl/α,β-unsaturated/α-hetero) is 1. The first-order valence-corrected chi connectivity index (χ1v) is 12.1. The van der Waals surface area contributed by atoms with Gasteiger partial charge in [0.05, 0.1) is 25.3 Å². The Hall–Kier alpha value is -3.86. The summed E-state index contributed by atoms with van der Waals surface area (Å²) in [5.74, 6) is -0.838. The largest absolute Gasteiger partial charge is 0.507 e. The predicted octanol–water partition coefficient (Wildman–Crippen LogP) is 6.23. The molecule has 1 aliphatic heterocycles. The van der Waals surface area contributed by atoms with Crippen LogP contribution in [0.1, 0.15) is 60.2 Å². The van der Waals surface area contributed by atoms with E-state index < -0.39 is 17.7 Å². The number of nitrogens with zero attached hydrogens (tertiary/aromatic N) is 1. The fourth-order valence-corrected chi connectivity index (χ4v) is 4.74. The Morgan fingerprint density at radius 2 is 1.69 bits per heavy atom. The average Bonchev–Trinajstić information content (AvgIpc) is 3.08. The fraction of sp³-hybridized carbons (Fsp3) is 0.290. The van der Waals surface area contributed by atoms with Gasteiger partial charge >= 0.3 is 0 Å². The SMILES string of the molecule is COc1ccccc1CN1C(=O)C(=O)/C(=C(/O)c2cc(C(C)(C)C)ccc2C)C1c1cccc(C)c1. The molecule has 0 spiro atoms. The van der Waals surface area contributed by atoms with Gasteiger partial charge in [-0.25, -0.2) is 0 Å². The Labute approximate surface area is 213 Å². The molecule has 1 saturated heterocycles. The number of carbonyl (C=O) groups excluding carboxylic acids is 2. The first kappa shape index (κ1) is 25.2. The standard InChI is InChI=1S/C31H33NO4/c1-19-10-9-12-21(16-19)27-26(28(33)24-17-23(31(3,4)5)15-14-20(24)2)29(34)30(35)32(27)18-22-11-7-8-13-25(22)36-6/h7-17,27,33H,18H2,1-6H3/b28-26+. The van der Waals surface area contributed by atoms with Gasteiger partial charge in [0.1, 0.15) is 11.5 Å². The van der Waals surface area contributed by atoms with E-state index in [4.69, 9.17) is 4.74 Å². The topological polar surface area (TPSA) is 66.8 Å². The molecule has 3 aromatic carbocycles. The smallest absolute Gasteiger partial charge is 0.295 e. The number of methoxy groups -OCH3 is 1. The molecule has 4 rings (SSSR count). The number of hydrogen-bond donors (Lipinski definition) is 1. The van der Waals surface area contributed by atoms with Crippen molar-refractivity contribution in [2.75, 3.05) is 7.11 Å². The van der Waals surface area contributed by atoms with E-state index in [9.17, 15) is 14.7 Å². The van der Waals surface area contributed by atoms with Crippen LogP contribution < -0.4 is 4.74 Å². The molecule has 1 N–H and O–H groups in total. The summed E-state index contributed by atoms with van der Waals surface area (Å²) in [4.78, 5) is 28.5. The number of benzene rings is 3. The first-order chi connectivity index (χ1) is 17.0. The van der Waals surface area contributed by atoms with Crippen molar-refractivity contribution in [1.82, 2.24) is 4.90 Å². The number of aliphatic hydroxyl groups excluding tert-OH is 1. The van der Waals surface area contributed by atoms with Crippen LogP contribution in [0.3, 0.4) is 0 Å². The van der Waals surface area contributed by atoms with E-state index in [1.807, 2.05) is 80.6 Å². The van der Waals surface area contributed by atoms with Crippen LogP contribution in [0.15, 0.2) is 72.3 Å². The van der Waals surface area contributed by atoms with E-state index in [-0.39, 0.29) is 23.3 Å². The molecule has 1 heterocycles. The van der Waals surface area contributed by atoms with Gasteiger partial charge in [-0.1, -0.05) is 80.9 Å². The molecule has 1 atom stereocenters. The summed E-state index contributed by atoms with van der Waals surface area (Å²) in [6.45, 7) is 10.3. The molecule has 0 radical (unpaired) electrons. The molecule has 36 heavy (non-hydrogen) atoms. The lowest BCUT2D eigenvalue weighted by molar-refractivity contribution is -0.140. The molecular weight excluding hydrogens is 450 g/mol. The number of likely N-dealkylation sites (tertiary alicyclic amines) is 1. The number of carbonyl (C=O) groups is 2. The minimum Gasteiger partial charge on any atom is -0.507 e. The maximum absolute atomic E-state index is 13.5. The monoisotopic (exact) mass is 483 g/mol. The first-order valence-electron chi connectivity index (χ1n) is 12.1. The lowest BCUT2D eigenvalue weighted by Gasteiger charge is -2.26. The zero-order valence-electron chi connectivity index (χ0n) is 21.8. The van der Waals surface area contributed by atoms with Crippen LogP contribution in [0.4, 0.5) is 0 Å². The van der Waals surface area contributed by atoms with Gasteiger partial charge in [0, 0.05) is 11.1 Å². The third-order valence-corrected chi connectivity index (χ3v) is 6.79. The highest BCUT2D eigenvalue weighted by atomic mass is 16.5. The summed E-state index contributed by atoms with van der Waals surface area (Å²) in [5, 5.41) is 11.6. The molecule has 1 unspecified atom stereocenters. The van der Waals surface area contributed by atoms with Crippen LogP contribution in [-0.4, -0.2) is 28.8 Å². The number of aliphatic hydroxyl groups is 1. The highest BCUT2D eigenvalue weighted by molar-refractivity contribution is 6.46. The Kier molecular flexibility index (Phi) is 6.77. The molecule has 0 aromatic heterocycles. The molecule has 1 aliphatic rings. The van der Waals surface area contributed by atoms with Crippen molar-refractivity contribution in [3.63, 3.8) is 0 Å². The van der Waals surface area contributed by atoms with Crippen molar-refractivity contribution in [3.8, 4) is 5.75 Å². The maximum atomic E-state index is 13.5. The minimum atomic E-state index is -0.729. The van der Waals surface area contributed by atoms with Crippen molar-refractivity contribution in [2.24, 2.45) is 0 Å². The van der Waals surface area contributed by atoms with Gasteiger partial charge in [0.15, 0.2) is 0 Å². The van der Waals surface area contributed by atoms with Crippen molar-refractivity contribution < 1.29 is 19.4 Å². The van der Waals surface area contributed by atoms with Crippen LogP contribution >= 0.6 is 0 Å².